The molecule has 1 aliphatic rings. The number of aromatic nitrogens is 1. The average molecular weight is 213 g/mol. The van der Waals surface area contributed by atoms with E-state index in [4.69, 9.17) is 22.1 Å². The summed E-state index contributed by atoms with van der Waals surface area (Å²) in [6.45, 7) is 0.733. The fourth-order valence-corrected chi connectivity index (χ4v) is 1.90. The third kappa shape index (κ3) is 1.70. The molecule has 0 saturated heterocycles. The Morgan fingerprint density at radius 3 is 3.00 bits per heavy atom. The van der Waals surface area contributed by atoms with Crippen molar-refractivity contribution in [2.75, 3.05) is 13.7 Å². The number of methoxy groups -OCH3 is 1. The summed E-state index contributed by atoms with van der Waals surface area (Å²) in [5.74, 6) is 1.74. The van der Waals surface area contributed by atoms with Crippen LogP contribution in [0.1, 0.15) is 17.9 Å². The Labute approximate surface area is 88.2 Å². The van der Waals surface area contributed by atoms with Crippen molar-refractivity contribution in [3.05, 3.63) is 22.8 Å². The second kappa shape index (κ2) is 3.75. The molecule has 1 heterocycles. The zero-order valence-electron chi connectivity index (χ0n) is 8.03. The van der Waals surface area contributed by atoms with Crippen LogP contribution in [-0.2, 0) is 0 Å². The number of nitrogens with two attached hydrogens (primary N) is 1. The van der Waals surface area contributed by atoms with Crippen molar-refractivity contribution in [1.82, 2.24) is 4.98 Å². The third-order valence-corrected chi connectivity index (χ3v) is 2.88. The van der Waals surface area contributed by atoms with Crippen molar-refractivity contribution >= 4 is 11.6 Å². The van der Waals surface area contributed by atoms with Crippen LogP contribution in [0.25, 0.3) is 0 Å². The average Bonchev–Trinajstić information content (AvgIpc) is 2.96. The molecule has 1 aromatic rings. The van der Waals surface area contributed by atoms with Crippen molar-refractivity contribution in [2.45, 2.75) is 12.3 Å². The highest BCUT2D eigenvalue weighted by Crippen LogP contribution is 2.49. The molecule has 14 heavy (non-hydrogen) atoms. The lowest BCUT2D eigenvalue weighted by atomic mass is 10.1. The molecule has 0 radical (unpaired) electrons. The lowest BCUT2D eigenvalue weighted by Crippen LogP contribution is -2.03. The van der Waals surface area contributed by atoms with Crippen LogP contribution in [0.2, 0.25) is 5.15 Å². The minimum Gasteiger partial charge on any atom is -0.481 e. The summed E-state index contributed by atoms with van der Waals surface area (Å²) in [4.78, 5) is 4.12. The quantitative estimate of drug-likeness (QED) is 0.778. The van der Waals surface area contributed by atoms with E-state index in [2.05, 4.69) is 4.98 Å². The van der Waals surface area contributed by atoms with E-state index in [0.29, 0.717) is 22.9 Å². The van der Waals surface area contributed by atoms with Gasteiger partial charge in [-0.2, -0.15) is 0 Å². The molecular formula is C10H13ClN2O. The number of nitrogens with zero attached hydrogens (tertiary/aromatic N) is 1. The fraction of sp³-hybridized carbons (Fsp3) is 0.500. The number of hydrogen-bond donors (Lipinski definition) is 1. The highest BCUT2D eigenvalue weighted by atomic mass is 35.5. The first-order valence-corrected chi connectivity index (χ1v) is 5.04. The first kappa shape index (κ1) is 9.74. The van der Waals surface area contributed by atoms with Gasteiger partial charge >= 0.3 is 0 Å². The van der Waals surface area contributed by atoms with Gasteiger partial charge in [0.25, 0.3) is 0 Å². The van der Waals surface area contributed by atoms with Gasteiger partial charge in [0.2, 0.25) is 5.88 Å². The van der Waals surface area contributed by atoms with Crippen LogP contribution in [-0.4, -0.2) is 18.6 Å². The highest BCUT2D eigenvalue weighted by Gasteiger charge is 2.39. The molecule has 1 fully saturated rings. The van der Waals surface area contributed by atoms with Crippen LogP contribution in [0.4, 0.5) is 0 Å². The monoisotopic (exact) mass is 212 g/mol. The van der Waals surface area contributed by atoms with Gasteiger partial charge in [-0.3, -0.25) is 0 Å². The van der Waals surface area contributed by atoms with E-state index in [1.807, 2.05) is 6.07 Å². The number of halogens is 1. The second-order valence-corrected chi connectivity index (χ2v) is 3.96. The van der Waals surface area contributed by atoms with Gasteiger partial charge in [0.05, 0.1) is 7.11 Å². The van der Waals surface area contributed by atoms with Crippen molar-refractivity contribution < 1.29 is 4.74 Å². The summed E-state index contributed by atoms with van der Waals surface area (Å²) < 4.78 is 5.18. The Balaban J connectivity index is 2.25. The van der Waals surface area contributed by atoms with E-state index >= 15 is 0 Å². The minimum atomic E-state index is 0.468. The molecular weight excluding hydrogens is 200 g/mol. The molecule has 0 aromatic carbocycles. The van der Waals surface area contributed by atoms with E-state index in [-0.39, 0.29) is 0 Å². The van der Waals surface area contributed by atoms with Crippen molar-refractivity contribution in [3.8, 4) is 5.88 Å². The van der Waals surface area contributed by atoms with Crippen LogP contribution in [0, 0.1) is 5.92 Å². The van der Waals surface area contributed by atoms with Gasteiger partial charge in [-0.1, -0.05) is 17.7 Å². The molecule has 0 amide bonds. The van der Waals surface area contributed by atoms with Crippen molar-refractivity contribution in [2.24, 2.45) is 11.7 Å². The zero-order valence-corrected chi connectivity index (χ0v) is 8.79. The van der Waals surface area contributed by atoms with E-state index in [1.54, 1.807) is 13.2 Å². The maximum atomic E-state index is 5.78. The Morgan fingerprint density at radius 2 is 2.43 bits per heavy atom. The molecule has 2 atom stereocenters. The molecule has 2 N–H and O–H groups in total. The smallest absolute Gasteiger partial charge is 0.217 e. The van der Waals surface area contributed by atoms with Gasteiger partial charge in [0.15, 0.2) is 0 Å². The summed E-state index contributed by atoms with van der Waals surface area (Å²) in [6, 6.07) is 3.78. The molecule has 76 valence electrons. The molecule has 3 nitrogen and oxygen atoms in total. The lowest BCUT2D eigenvalue weighted by molar-refractivity contribution is 0.392. The standard InChI is InChI=1S/C10H13ClN2O/c1-14-10-7(2-3-9(11)13-10)8-4-6(8)5-12/h2-3,6,8H,4-5,12H2,1H3. The molecule has 1 saturated carbocycles. The van der Waals surface area contributed by atoms with E-state index < -0.39 is 0 Å². The lowest BCUT2D eigenvalue weighted by Gasteiger charge is -2.06. The van der Waals surface area contributed by atoms with Crippen LogP contribution in [0.5, 0.6) is 5.88 Å². The predicted molar refractivity (Wildman–Crippen MR) is 55.7 cm³/mol. The maximum absolute atomic E-state index is 5.78. The Hall–Kier alpha value is -0.800. The molecule has 1 aliphatic carbocycles. The molecule has 0 spiro atoms. The molecule has 0 bridgehead atoms. The third-order valence-electron chi connectivity index (χ3n) is 2.67. The zero-order chi connectivity index (χ0) is 10.1. The van der Waals surface area contributed by atoms with Gasteiger partial charge in [-0.05, 0) is 30.9 Å². The largest absolute Gasteiger partial charge is 0.481 e. The summed E-state index contributed by atoms with van der Waals surface area (Å²) >= 11 is 5.78. The Bertz CT molecular complexity index is 343. The highest BCUT2D eigenvalue weighted by molar-refractivity contribution is 6.29. The van der Waals surface area contributed by atoms with Gasteiger partial charge in [0, 0.05) is 5.56 Å². The normalized spacial score (nSPS) is 24.8. The predicted octanol–water partition coefficient (Wildman–Crippen LogP) is 1.81. The second-order valence-electron chi connectivity index (χ2n) is 3.57. The SMILES string of the molecule is COc1nc(Cl)ccc1C1CC1CN. The number of rotatable bonds is 3. The first-order valence-electron chi connectivity index (χ1n) is 4.66. The van der Waals surface area contributed by atoms with E-state index in [0.717, 1.165) is 18.5 Å². The number of pyridine rings is 1. The van der Waals surface area contributed by atoms with Gasteiger partial charge in [-0.15, -0.1) is 0 Å². The van der Waals surface area contributed by atoms with Crippen LogP contribution in [0.15, 0.2) is 12.1 Å². The summed E-state index contributed by atoms with van der Waals surface area (Å²) in [6.07, 6.45) is 1.14. The van der Waals surface area contributed by atoms with Gasteiger partial charge in [0.1, 0.15) is 5.15 Å². The summed E-state index contributed by atoms with van der Waals surface area (Å²) in [5.41, 5.74) is 6.73. The van der Waals surface area contributed by atoms with Gasteiger partial charge in [-0.25, -0.2) is 4.98 Å². The van der Waals surface area contributed by atoms with Gasteiger partial charge < -0.3 is 10.5 Å². The molecule has 4 heteroatoms. The van der Waals surface area contributed by atoms with E-state index in [9.17, 15) is 0 Å². The van der Waals surface area contributed by atoms with Crippen LogP contribution in [0.3, 0.4) is 0 Å². The minimum absolute atomic E-state index is 0.468. The van der Waals surface area contributed by atoms with Crippen molar-refractivity contribution in [3.63, 3.8) is 0 Å². The molecule has 0 aliphatic heterocycles. The summed E-state index contributed by atoms with van der Waals surface area (Å²) in [7, 11) is 1.61. The summed E-state index contributed by atoms with van der Waals surface area (Å²) in [5, 5.41) is 0.468. The van der Waals surface area contributed by atoms with Crippen LogP contribution < -0.4 is 10.5 Å². The van der Waals surface area contributed by atoms with Crippen LogP contribution >= 0.6 is 11.6 Å². The molecule has 2 unspecified atom stereocenters. The van der Waals surface area contributed by atoms with Crippen molar-refractivity contribution in [1.29, 1.82) is 0 Å². The first-order chi connectivity index (χ1) is 6.76. The molecule has 2 rings (SSSR count). The molecule has 1 aromatic heterocycles. The number of ether oxygens (including phenoxy) is 1. The Kier molecular flexibility index (Phi) is 2.61. The number of hydrogen-bond acceptors (Lipinski definition) is 3. The topological polar surface area (TPSA) is 48.1 Å². The fourth-order valence-electron chi connectivity index (χ4n) is 1.76. The van der Waals surface area contributed by atoms with E-state index in [1.165, 1.54) is 0 Å². The Morgan fingerprint density at radius 1 is 1.64 bits per heavy atom. The maximum Gasteiger partial charge on any atom is 0.217 e.